The van der Waals surface area contributed by atoms with Crippen LogP contribution in [-0.4, -0.2) is 46.3 Å². The Bertz CT molecular complexity index is 972. The molecule has 0 bridgehead atoms. The summed E-state index contributed by atoms with van der Waals surface area (Å²) in [5.41, 5.74) is -0.348. The summed E-state index contributed by atoms with van der Waals surface area (Å²) in [6.07, 6.45) is -1.14. The minimum atomic E-state index is -4.47. The Morgan fingerprint density at radius 1 is 1.23 bits per heavy atom. The SMILES string of the molecule is CSCCC1C(=O)N(c2ncc(Cl)cc2F)CC(=O)N1Cc1ccc(C(F)(F)F)cc1. The third-order valence-corrected chi connectivity index (χ3v) is 5.67. The lowest BCUT2D eigenvalue weighted by Gasteiger charge is -2.40. The lowest BCUT2D eigenvalue weighted by molar-refractivity contribution is -0.144. The van der Waals surface area contributed by atoms with E-state index in [1.54, 1.807) is 0 Å². The van der Waals surface area contributed by atoms with Gasteiger partial charge in [-0.2, -0.15) is 24.9 Å². The third-order valence-electron chi connectivity index (χ3n) is 4.81. The zero-order valence-corrected chi connectivity index (χ0v) is 17.9. The van der Waals surface area contributed by atoms with Crippen molar-refractivity contribution in [3.8, 4) is 0 Å². The Morgan fingerprint density at radius 2 is 1.90 bits per heavy atom. The van der Waals surface area contributed by atoms with Gasteiger partial charge in [0, 0.05) is 12.7 Å². The van der Waals surface area contributed by atoms with Crippen molar-refractivity contribution in [3.05, 3.63) is 58.5 Å². The number of nitrogens with zero attached hydrogens (tertiary/aromatic N) is 3. The van der Waals surface area contributed by atoms with Crippen molar-refractivity contribution in [1.29, 1.82) is 0 Å². The molecule has 1 aliphatic rings. The molecular weight excluding hydrogens is 458 g/mol. The molecule has 3 rings (SSSR count). The summed E-state index contributed by atoms with van der Waals surface area (Å²) in [7, 11) is 0. The normalized spacial score (nSPS) is 17.4. The van der Waals surface area contributed by atoms with Gasteiger partial charge < -0.3 is 4.90 Å². The van der Waals surface area contributed by atoms with Crippen LogP contribution in [0, 0.1) is 5.82 Å². The van der Waals surface area contributed by atoms with Crippen LogP contribution in [0.5, 0.6) is 0 Å². The van der Waals surface area contributed by atoms with E-state index in [1.807, 2.05) is 6.26 Å². The maximum Gasteiger partial charge on any atom is 0.416 e. The highest BCUT2D eigenvalue weighted by Crippen LogP contribution is 2.30. The fraction of sp³-hybridized carbons (Fsp3) is 0.350. The molecule has 1 aromatic heterocycles. The van der Waals surface area contributed by atoms with E-state index in [1.165, 1.54) is 35.0 Å². The fourth-order valence-corrected chi connectivity index (χ4v) is 3.88. The van der Waals surface area contributed by atoms with Gasteiger partial charge in [-0.1, -0.05) is 23.7 Å². The number of carbonyl (C=O) groups excluding carboxylic acids is 2. The molecule has 0 N–H and O–H groups in total. The minimum absolute atomic E-state index is 0.0356. The van der Waals surface area contributed by atoms with E-state index in [0.717, 1.165) is 23.1 Å². The van der Waals surface area contributed by atoms with E-state index >= 15 is 0 Å². The van der Waals surface area contributed by atoms with E-state index in [-0.39, 0.29) is 17.4 Å². The molecule has 0 spiro atoms. The molecule has 166 valence electrons. The smallest absolute Gasteiger partial charge is 0.325 e. The van der Waals surface area contributed by atoms with Crippen molar-refractivity contribution in [3.63, 3.8) is 0 Å². The van der Waals surface area contributed by atoms with Gasteiger partial charge >= 0.3 is 6.18 Å². The van der Waals surface area contributed by atoms with Crippen molar-refractivity contribution >= 4 is 41.0 Å². The number of thioether (sulfide) groups is 1. The summed E-state index contributed by atoms with van der Waals surface area (Å²) in [5.74, 6) is -1.52. The highest BCUT2D eigenvalue weighted by Gasteiger charge is 2.41. The molecule has 2 aromatic rings. The van der Waals surface area contributed by atoms with Gasteiger partial charge in [-0.25, -0.2) is 9.37 Å². The third kappa shape index (κ3) is 5.30. The van der Waals surface area contributed by atoms with Crippen molar-refractivity contribution < 1.29 is 27.2 Å². The van der Waals surface area contributed by atoms with Gasteiger partial charge in [-0.15, -0.1) is 0 Å². The highest BCUT2D eigenvalue weighted by atomic mass is 35.5. The second kappa shape index (κ2) is 9.44. The van der Waals surface area contributed by atoms with Gasteiger partial charge in [-0.3, -0.25) is 14.5 Å². The second-order valence-electron chi connectivity index (χ2n) is 6.90. The van der Waals surface area contributed by atoms with Crippen LogP contribution >= 0.6 is 23.4 Å². The second-order valence-corrected chi connectivity index (χ2v) is 8.32. The zero-order valence-electron chi connectivity index (χ0n) is 16.3. The number of alkyl halides is 3. The predicted molar refractivity (Wildman–Crippen MR) is 110 cm³/mol. The summed E-state index contributed by atoms with van der Waals surface area (Å²) in [5, 5.41) is 0.0555. The number of amides is 2. The average Bonchev–Trinajstić information content (AvgIpc) is 2.70. The topological polar surface area (TPSA) is 53.5 Å². The Kier molecular flexibility index (Phi) is 7.10. The van der Waals surface area contributed by atoms with E-state index in [0.29, 0.717) is 17.7 Å². The highest BCUT2D eigenvalue weighted by molar-refractivity contribution is 7.98. The van der Waals surface area contributed by atoms with Crippen molar-refractivity contribution in [2.24, 2.45) is 0 Å². The monoisotopic (exact) mass is 475 g/mol. The number of pyridine rings is 1. The summed E-state index contributed by atoms with van der Waals surface area (Å²) < 4.78 is 52.7. The average molecular weight is 476 g/mol. The predicted octanol–water partition coefficient (Wildman–Crippen LogP) is 4.39. The molecule has 1 aliphatic heterocycles. The molecule has 5 nitrogen and oxygen atoms in total. The lowest BCUT2D eigenvalue weighted by atomic mass is 10.0. The number of rotatable bonds is 6. The number of carbonyl (C=O) groups is 2. The van der Waals surface area contributed by atoms with Gasteiger partial charge in [0.2, 0.25) is 5.91 Å². The summed E-state index contributed by atoms with van der Waals surface area (Å²) in [6, 6.07) is 4.53. The Hall–Kier alpha value is -2.33. The Morgan fingerprint density at radius 3 is 2.48 bits per heavy atom. The van der Waals surface area contributed by atoms with Crippen LogP contribution in [0.25, 0.3) is 0 Å². The first-order valence-corrected chi connectivity index (χ1v) is 11.0. The maximum absolute atomic E-state index is 14.3. The Balaban J connectivity index is 1.87. The molecule has 0 saturated carbocycles. The van der Waals surface area contributed by atoms with E-state index in [4.69, 9.17) is 11.6 Å². The molecule has 1 fully saturated rings. The Labute approximate surface area is 185 Å². The number of anilines is 1. The van der Waals surface area contributed by atoms with Crippen LogP contribution in [0.3, 0.4) is 0 Å². The first kappa shape index (κ1) is 23.3. The van der Waals surface area contributed by atoms with E-state index in [9.17, 15) is 27.2 Å². The number of aromatic nitrogens is 1. The molecule has 1 aromatic carbocycles. The number of halogens is 5. The maximum atomic E-state index is 14.3. The molecule has 2 amide bonds. The van der Waals surface area contributed by atoms with Crippen LogP contribution in [0.2, 0.25) is 5.02 Å². The quantitative estimate of drug-likeness (QED) is 0.581. The summed E-state index contributed by atoms with van der Waals surface area (Å²) in [6.45, 7) is -0.465. The van der Waals surface area contributed by atoms with Crippen molar-refractivity contribution in [1.82, 2.24) is 9.88 Å². The van der Waals surface area contributed by atoms with Gasteiger partial charge in [0.05, 0.1) is 10.6 Å². The standard InChI is InChI=1S/C20H18ClF4N3O2S/c1-31-7-6-16-19(30)28(18-15(22)8-14(21)9-26-18)11-17(29)27(16)10-12-2-4-13(5-3-12)20(23,24)25/h2-5,8-9,16H,6-7,10-11H2,1H3. The number of hydrogen-bond acceptors (Lipinski definition) is 4. The van der Waals surface area contributed by atoms with E-state index in [2.05, 4.69) is 4.98 Å². The zero-order chi connectivity index (χ0) is 22.8. The van der Waals surface area contributed by atoms with Crippen molar-refractivity contribution in [2.75, 3.05) is 23.5 Å². The molecule has 2 heterocycles. The lowest BCUT2D eigenvalue weighted by Crippen LogP contribution is -2.60. The molecule has 0 radical (unpaired) electrons. The van der Waals surface area contributed by atoms with Crippen LogP contribution in [-0.2, 0) is 22.3 Å². The van der Waals surface area contributed by atoms with Crippen LogP contribution in [0.15, 0.2) is 36.5 Å². The van der Waals surface area contributed by atoms with Gasteiger partial charge in [0.25, 0.3) is 5.91 Å². The van der Waals surface area contributed by atoms with Gasteiger partial charge in [-0.05, 0) is 42.2 Å². The molecule has 1 unspecified atom stereocenters. The molecule has 11 heteroatoms. The fourth-order valence-electron chi connectivity index (χ4n) is 3.28. The first-order valence-electron chi connectivity index (χ1n) is 9.18. The molecular formula is C20H18ClF4N3O2S. The van der Waals surface area contributed by atoms with Crippen molar-refractivity contribution in [2.45, 2.75) is 25.2 Å². The molecule has 31 heavy (non-hydrogen) atoms. The number of piperazine rings is 1. The van der Waals surface area contributed by atoms with Crippen LogP contribution in [0.4, 0.5) is 23.4 Å². The van der Waals surface area contributed by atoms with E-state index < -0.39 is 42.0 Å². The number of hydrogen-bond donors (Lipinski definition) is 0. The number of benzene rings is 1. The summed E-state index contributed by atoms with van der Waals surface area (Å²) >= 11 is 7.19. The van der Waals surface area contributed by atoms with Gasteiger partial charge in [0.1, 0.15) is 12.6 Å². The largest absolute Gasteiger partial charge is 0.416 e. The molecule has 1 saturated heterocycles. The van der Waals surface area contributed by atoms with Gasteiger partial charge in [0.15, 0.2) is 11.6 Å². The molecule has 0 aliphatic carbocycles. The first-order chi connectivity index (χ1) is 14.6. The van der Waals surface area contributed by atoms with Crippen LogP contribution in [0.1, 0.15) is 17.5 Å². The molecule has 1 atom stereocenters. The minimum Gasteiger partial charge on any atom is -0.325 e. The van der Waals surface area contributed by atoms with Crippen LogP contribution < -0.4 is 4.90 Å². The summed E-state index contributed by atoms with van der Waals surface area (Å²) in [4.78, 5) is 32.2.